The molecular formula is C30H36N4O5S. The molecule has 4 heterocycles. The van der Waals surface area contributed by atoms with Crippen molar-refractivity contribution in [2.24, 2.45) is 0 Å². The third kappa shape index (κ3) is 5.54. The summed E-state index contributed by atoms with van der Waals surface area (Å²) in [6, 6.07) is 9.83. The molecule has 40 heavy (non-hydrogen) atoms. The molecular weight excluding hydrogens is 528 g/mol. The monoisotopic (exact) mass is 564 g/mol. The molecule has 0 N–H and O–H groups in total. The number of amides is 2. The van der Waals surface area contributed by atoms with Crippen LogP contribution < -0.4 is 4.90 Å². The molecule has 0 radical (unpaired) electrons. The molecule has 2 aromatic heterocycles. The van der Waals surface area contributed by atoms with Crippen LogP contribution in [0.4, 0.5) is 10.5 Å². The summed E-state index contributed by atoms with van der Waals surface area (Å²) in [6.45, 7) is 6.62. The Labute approximate surface area is 235 Å². The number of likely N-dealkylation sites (tertiary alicyclic amines) is 1. The number of pyridine rings is 2. The number of carbonyl (C=O) groups is 2. The average molecular weight is 565 g/mol. The van der Waals surface area contributed by atoms with Gasteiger partial charge in [-0.05, 0) is 69.0 Å². The minimum atomic E-state index is -3.10. The van der Waals surface area contributed by atoms with Gasteiger partial charge in [0.05, 0.1) is 35.3 Å². The van der Waals surface area contributed by atoms with Crippen molar-refractivity contribution in [3.05, 3.63) is 65.7 Å². The van der Waals surface area contributed by atoms with Crippen molar-refractivity contribution in [2.45, 2.75) is 64.0 Å². The maximum absolute atomic E-state index is 14.2. The van der Waals surface area contributed by atoms with E-state index in [2.05, 4.69) is 4.98 Å². The largest absolute Gasteiger partial charge is 0.444 e. The fourth-order valence-corrected chi connectivity index (χ4v) is 6.54. The SMILES string of the molecule is CC(C)(C)OC(=O)N1CCC2(CC1)C(=O)N(Cc1ncc3ccccc3c1CCCS(C)(=O)=O)c1cnccc12. The van der Waals surface area contributed by atoms with Crippen molar-refractivity contribution in [3.63, 3.8) is 0 Å². The molecule has 1 aromatic carbocycles. The highest BCUT2D eigenvalue weighted by atomic mass is 32.2. The highest BCUT2D eigenvalue weighted by Crippen LogP contribution is 2.48. The summed E-state index contributed by atoms with van der Waals surface area (Å²) in [5.74, 6) is 0.0684. The van der Waals surface area contributed by atoms with Crippen LogP contribution in [0.15, 0.2) is 48.9 Å². The van der Waals surface area contributed by atoms with Gasteiger partial charge in [-0.2, -0.15) is 0 Å². The first-order valence-electron chi connectivity index (χ1n) is 13.7. The van der Waals surface area contributed by atoms with E-state index < -0.39 is 20.9 Å². The van der Waals surface area contributed by atoms with E-state index in [0.717, 1.165) is 33.3 Å². The number of ether oxygens (including phenoxy) is 1. The molecule has 3 aromatic rings. The third-order valence-electron chi connectivity index (χ3n) is 7.77. The number of sulfone groups is 1. The van der Waals surface area contributed by atoms with Gasteiger partial charge < -0.3 is 14.5 Å². The molecule has 0 unspecified atom stereocenters. The number of benzene rings is 1. The average Bonchev–Trinajstić information content (AvgIpc) is 3.11. The van der Waals surface area contributed by atoms with Crippen LogP contribution in [-0.4, -0.2) is 66.0 Å². The molecule has 2 aliphatic heterocycles. The standard InChI is InChI=1S/C30H36N4O5S/c1-29(2,3)39-28(36)33-15-12-30(13-16-33)24-11-14-31-19-26(24)34(27(30)35)20-25-23(10-7-17-40(4,37)38)22-9-6-5-8-21(22)18-32-25/h5-6,8-9,11,14,18-19H,7,10,12-13,15-17,20H2,1-4H3. The zero-order valence-corrected chi connectivity index (χ0v) is 24.3. The van der Waals surface area contributed by atoms with Crippen molar-refractivity contribution < 1.29 is 22.7 Å². The summed E-state index contributed by atoms with van der Waals surface area (Å²) in [5, 5.41) is 1.99. The molecule has 2 aliphatic rings. The number of aryl methyl sites for hydroxylation is 1. The van der Waals surface area contributed by atoms with Crippen molar-refractivity contribution in [2.75, 3.05) is 30.0 Å². The summed E-state index contributed by atoms with van der Waals surface area (Å²) in [7, 11) is -3.10. The lowest BCUT2D eigenvalue weighted by Gasteiger charge is -2.38. The first-order valence-corrected chi connectivity index (χ1v) is 15.7. The van der Waals surface area contributed by atoms with Gasteiger partial charge in [0.15, 0.2) is 0 Å². The van der Waals surface area contributed by atoms with Crippen molar-refractivity contribution in [1.29, 1.82) is 0 Å². The van der Waals surface area contributed by atoms with Crippen molar-refractivity contribution in [3.8, 4) is 0 Å². The Bertz CT molecular complexity index is 1560. The number of rotatable bonds is 6. The Morgan fingerprint density at radius 3 is 2.52 bits per heavy atom. The second-order valence-corrected chi connectivity index (χ2v) is 14.1. The van der Waals surface area contributed by atoms with Crippen LogP contribution >= 0.6 is 0 Å². The molecule has 0 atom stereocenters. The molecule has 0 bridgehead atoms. The molecule has 0 saturated carbocycles. The lowest BCUT2D eigenvalue weighted by Crippen LogP contribution is -2.50. The molecule has 1 spiro atoms. The third-order valence-corrected chi connectivity index (χ3v) is 8.80. The summed E-state index contributed by atoms with van der Waals surface area (Å²) in [5.41, 5.74) is 2.06. The normalized spacial score (nSPS) is 16.9. The van der Waals surface area contributed by atoms with Gasteiger partial charge >= 0.3 is 6.09 Å². The van der Waals surface area contributed by atoms with Crippen LogP contribution in [0.5, 0.6) is 0 Å². The van der Waals surface area contributed by atoms with Gasteiger partial charge in [0.2, 0.25) is 5.91 Å². The van der Waals surface area contributed by atoms with Crippen molar-refractivity contribution >= 4 is 38.3 Å². The molecule has 9 nitrogen and oxygen atoms in total. The maximum Gasteiger partial charge on any atom is 0.410 e. The van der Waals surface area contributed by atoms with Crippen LogP contribution in [0.3, 0.4) is 0 Å². The highest BCUT2D eigenvalue weighted by molar-refractivity contribution is 7.90. The minimum Gasteiger partial charge on any atom is -0.444 e. The van der Waals surface area contributed by atoms with E-state index in [4.69, 9.17) is 9.72 Å². The van der Waals surface area contributed by atoms with Gasteiger partial charge in [0, 0.05) is 37.1 Å². The Morgan fingerprint density at radius 2 is 1.82 bits per heavy atom. The smallest absolute Gasteiger partial charge is 0.410 e. The summed E-state index contributed by atoms with van der Waals surface area (Å²) in [4.78, 5) is 39.5. The second kappa shape index (κ2) is 10.5. The van der Waals surface area contributed by atoms with E-state index in [0.29, 0.717) is 38.8 Å². The van der Waals surface area contributed by atoms with E-state index in [1.54, 1.807) is 22.2 Å². The maximum atomic E-state index is 14.2. The number of hydrogen-bond acceptors (Lipinski definition) is 7. The predicted octanol–water partition coefficient (Wildman–Crippen LogP) is 4.42. The molecule has 1 saturated heterocycles. The Morgan fingerprint density at radius 1 is 1.10 bits per heavy atom. The van der Waals surface area contributed by atoms with Gasteiger partial charge in [-0.25, -0.2) is 13.2 Å². The van der Waals surface area contributed by atoms with Crippen LogP contribution in [-0.2, 0) is 37.7 Å². The van der Waals surface area contributed by atoms with Gasteiger partial charge in [-0.1, -0.05) is 24.3 Å². The van der Waals surface area contributed by atoms with Gasteiger partial charge in [-0.15, -0.1) is 0 Å². The van der Waals surface area contributed by atoms with Crippen LogP contribution in [0.2, 0.25) is 0 Å². The van der Waals surface area contributed by atoms with Crippen LogP contribution in [0.25, 0.3) is 10.8 Å². The number of aromatic nitrogens is 2. The van der Waals surface area contributed by atoms with E-state index >= 15 is 0 Å². The Balaban J connectivity index is 1.44. The summed E-state index contributed by atoms with van der Waals surface area (Å²) < 4.78 is 29.2. The molecule has 5 rings (SSSR count). The number of nitrogens with zero attached hydrogens (tertiary/aromatic N) is 4. The number of piperidine rings is 1. The summed E-state index contributed by atoms with van der Waals surface area (Å²) in [6.07, 6.45) is 8.12. The first-order chi connectivity index (χ1) is 18.9. The minimum absolute atomic E-state index is 0.0172. The molecule has 10 heteroatoms. The van der Waals surface area contributed by atoms with Crippen LogP contribution in [0.1, 0.15) is 56.9 Å². The zero-order valence-electron chi connectivity index (χ0n) is 23.5. The molecule has 0 aliphatic carbocycles. The quantitative estimate of drug-likeness (QED) is 0.436. The number of anilines is 1. The highest BCUT2D eigenvalue weighted by Gasteiger charge is 2.53. The number of carbonyl (C=O) groups excluding carboxylic acids is 2. The van der Waals surface area contributed by atoms with Gasteiger partial charge in [0.25, 0.3) is 0 Å². The Hall–Kier alpha value is -3.53. The number of fused-ring (bicyclic) bond motifs is 3. The zero-order chi connectivity index (χ0) is 28.7. The van der Waals surface area contributed by atoms with E-state index in [9.17, 15) is 18.0 Å². The Kier molecular flexibility index (Phi) is 7.33. The van der Waals surface area contributed by atoms with E-state index in [1.165, 1.54) is 6.26 Å². The lowest BCUT2D eigenvalue weighted by atomic mass is 9.74. The topological polar surface area (TPSA) is 110 Å². The second-order valence-electron chi connectivity index (χ2n) is 11.8. The fraction of sp³-hybridized carbons (Fsp3) is 0.467. The van der Waals surface area contributed by atoms with E-state index in [1.807, 2.05) is 57.3 Å². The summed E-state index contributed by atoms with van der Waals surface area (Å²) >= 11 is 0. The number of hydrogen-bond donors (Lipinski definition) is 0. The lowest BCUT2D eigenvalue weighted by molar-refractivity contribution is -0.125. The molecule has 1 fully saturated rings. The van der Waals surface area contributed by atoms with Gasteiger partial charge in [0.1, 0.15) is 15.4 Å². The molecule has 212 valence electrons. The van der Waals surface area contributed by atoms with Gasteiger partial charge in [-0.3, -0.25) is 14.8 Å². The molecule has 2 amide bonds. The van der Waals surface area contributed by atoms with Crippen molar-refractivity contribution in [1.82, 2.24) is 14.9 Å². The first kappa shape index (κ1) is 28.0. The predicted molar refractivity (Wildman–Crippen MR) is 154 cm³/mol. The fourth-order valence-electron chi connectivity index (χ4n) is 5.87. The van der Waals surface area contributed by atoms with Crippen LogP contribution in [0, 0.1) is 0 Å². The van der Waals surface area contributed by atoms with E-state index in [-0.39, 0.29) is 24.3 Å².